The van der Waals surface area contributed by atoms with Crippen molar-refractivity contribution < 1.29 is 9.90 Å². The monoisotopic (exact) mass is 290 g/mol. The summed E-state index contributed by atoms with van der Waals surface area (Å²) in [5.74, 6) is 0.0395. The molecule has 1 aromatic carbocycles. The Kier molecular flexibility index (Phi) is 5.76. The molecule has 0 radical (unpaired) electrons. The predicted octanol–water partition coefficient (Wildman–Crippen LogP) is 2.13. The van der Waals surface area contributed by atoms with Crippen molar-refractivity contribution in [3.05, 3.63) is 35.4 Å². The first kappa shape index (κ1) is 16.0. The van der Waals surface area contributed by atoms with Gasteiger partial charge in [0.2, 0.25) is 0 Å². The summed E-state index contributed by atoms with van der Waals surface area (Å²) in [6.45, 7) is 2.27. The zero-order valence-electron chi connectivity index (χ0n) is 13.1. The molecule has 0 spiro atoms. The highest BCUT2D eigenvalue weighted by Gasteiger charge is 2.21. The molecule has 1 N–H and O–H groups in total. The van der Waals surface area contributed by atoms with Crippen molar-refractivity contribution >= 4 is 5.91 Å². The zero-order chi connectivity index (χ0) is 15.2. The summed E-state index contributed by atoms with van der Waals surface area (Å²) in [6, 6.07) is 8.39. The van der Waals surface area contributed by atoms with E-state index >= 15 is 0 Å². The van der Waals surface area contributed by atoms with Crippen molar-refractivity contribution in [3.8, 4) is 0 Å². The highest BCUT2D eigenvalue weighted by molar-refractivity contribution is 5.93. The normalized spacial score (nSPS) is 19.5. The summed E-state index contributed by atoms with van der Waals surface area (Å²) in [4.78, 5) is 15.9. The fraction of sp³-hybridized carbons (Fsp3) is 0.588. The summed E-state index contributed by atoms with van der Waals surface area (Å²) >= 11 is 0. The van der Waals surface area contributed by atoms with Crippen LogP contribution in [-0.4, -0.2) is 54.1 Å². The van der Waals surface area contributed by atoms with Crippen LogP contribution in [0, 0.1) is 0 Å². The van der Waals surface area contributed by atoms with E-state index in [1.165, 1.54) is 24.8 Å². The van der Waals surface area contributed by atoms with Gasteiger partial charge in [-0.1, -0.05) is 18.6 Å². The average Bonchev–Trinajstić information content (AvgIpc) is 2.49. The molecule has 1 aromatic rings. The summed E-state index contributed by atoms with van der Waals surface area (Å²) in [5, 5.41) is 9.18. The maximum atomic E-state index is 11.9. The summed E-state index contributed by atoms with van der Waals surface area (Å²) in [6.07, 6.45) is 4.53. The first-order chi connectivity index (χ1) is 10.1. The molecular formula is C17H26N2O2. The minimum Gasteiger partial charge on any atom is -0.396 e. The Bertz CT molecular complexity index is 454. The predicted molar refractivity (Wildman–Crippen MR) is 84.2 cm³/mol. The van der Waals surface area contributed by atoms with Gasteiger partial charge < -0.3 is 10.0 Å². The lowest BCUT2D eigenvalue weighted by Crippen LogP contribution is -2.39. The Hall–Kier alpha value is -1.39. The second kappa shape index (κ2) is 7.57. The van der Waals surface area contributed by atoms with E-state index in [9.17, 15) is 9.90 Å². The number of benzene rings is 1. The molecule has 1 saturated heterocycles. The van der Waals surface area contributed by atoms with Crippen LogP contribution in [0.15, 0.2) is 24.3 Å². The Morgan fingerprint density at radius 1 is 1.29 bits per heavy atom. The van der Waals surface area contributed by atoms with Crippen LogP contribution < -0.4 is 0 Å². The molecule has 0 saturated carbocycles. The van der Waals surface area contributed by atoms with Gasteiger partial charge in [-0.3, -0.25) is 9.69 Å². The van der Waals surface area contributed by atoms with Crippen LogP contribution >= 0.6 is 0 Å². The van der Waals surface area contributed by atoms with Crippen LogP contribution in [0.4, 0.5) is 0 Å². The number of nitrogens with zero attached hydrogens (tertiary/aromatic N) is 2. The van der Waals surface area contributed by atoms with E-state index in [4.69, 9.17) is 0 Å². The van der Waals surface area contributed by atoms with Crippen LogP contribution in [0.1, 0.15) is 41.6 Å². The molecular weight excluding hydrogens is 264 g/mol. The minimum absolute atomic E-state index is 0.0395. The van der Waals surface area contributed by atoms with Gasteiger partial charge in [0.25, 0.3) is 5.91 Å². The van der Waals surface area contributed by atoms with Crippen LogP contribution in [0.3, 0.4) is 0 Å². The van der Waals surface area contributed by atoms with Crippen molar-refractivity contribution in [2.75, 3.05) is 27.2 Å². The molecule has 2 rings (SSSR count). The van der Waals surface area contributed by atoms with Crippen LogP contribution in [0.2, 0.25) is 0 Å². The molecule has 1 atom stereocenters. The minimum atomic E-state index is 0.0395. The number of piperidine rings is 1. The topological polar surface area (TPSA) is 43.8 Å². The lowest BCUT2D eigenvalue weighted by atomic mass is 9.98. The van der Waals surface area contributed by atoms with Gasteiger partial charge in [-0.25, -0.2) is 0 Å². The molecule has 1 amide bonds. The Morgan fingerprint density at radius 2 is 2.00 bits per heavy atom. The second-order valence-electron chi connectivity index (χ2n) is 6.03. The third-order valence-corrected chi connectivity index (χ3v) is 4.20. The van der Waals surface area contributed by atoms with Gasteiger partial charge in [0.05, 0.1) is 0 Å². The smallest absolute Gasteiger partial charge is 0.253 e. The molecule has 21 heavy (non-hydrogen) atoms. The van der Waals surface area contributed by atoms with Crippen molar-refractivity contribution in [2.45, 2.75) is 38.3 Å². The highest BCUT2D eigenvalue weighted by atomic mass is 16.3. The maximum absolute atomic E-state index is 11.9. The number of aliphatic hydroxyl groups is 1. The summed E-state index contributed by atoms with van der Waals surface area (Å²) < 4.78 is 0. The molecule has 0 aliphatic carbocycles. The van der Waals surface area contributed by atoms with Crippen molar-refractivity contribution in [2.24, 2.45) is 0 Å². The number of hydrogen-bond acceptors (Lipinski definition) is 3. The molecule has 1 fully saturated rings. The number of carbonyl (C=O) groups excluding carboxylic acids is 1. The molecule has 0 bridgehead atoms. The SMILES string of the molecule is CN(C)C(=O)c1ccc(CN2CCCCC2CCO)cc1. The number of aliphatic hydroxyl groups excluding tert-OH is 1. The van der Waals surface area contributed by atoms with Gasteiger partial charge in [-0.2, -0.15) is 0 Å². The number of rotatable bonds is 5. The molecule has 0 aromatic heterocycles. The van der Waals surface area contributed by atoms with Crippen LogP contribution in [0.5, 0.6) is 0 Å². The molecule has 4 nitrogen and oxygen atoms in total. The third kappa shape index (κ3) is 4.29. The van der Waals surface area contributed by atoms with Crippen molar-refractivity contribution in [3.63, 3.8) is 0 Å². The van der Waals surface area contributed by atoms with E-state index < -0.39 is 0 Å². The Labute approximate surface area is 127 Å². The van der Waals surface area contributed by atoms with Gasteiger partial charge >= 0.3 is 0 Å². The number of likely N-dealkylation sites (tertiary alicyclic amines) is 1. The quantitative estimate of drug-likeness (QED) is 0.903. The highest BCUT2D eigenvalue weighted by Crippen LogP contribution is 2.22. The maximum Gasteiger partial charge on any atom is 0.253 e. The van der Waals surface area contributed by atoms with Gasteiger partial charge in [0.1, 0.15) is 0 Å². The summed E-state index contributed by atoms with van der Waals surface area (Å²) in [7, 11) is 3.53. The van der Waals surface area contributed by atoms with E-state index in [-0.39, 0.29) is 12.5 Å². The van der Waals surface area contributed by atoms with E-state index in [1.54, 1.807) is 19.0 Å². The first-order valence-corrected chi connectivity index (χ1v) is 7.77. The molecule has 1 unspecified atom stereocenters. The van der Waals surface area contributed by atoms with E-state index in [0.29, 0.717) is 6.04 Å². The van der Waals surface area contributed by atoms with E-state index in [1.807, 2.05) is 24.3 Å². The standard InChI is InChI=1S/C17H26N2O2/c1-18(2)17(21)15-8-6-14(7-9-15)13-19-11-4-3-5-16(19)10-12-20/h6-9,16,20H,3-5,10-13H2,1-2H3. The number of carbonyl (C=O) groups is 1. The molecule has 1 aliphatic rings. The van der Waals surface area contributed by atoms with Gasteiger partial charge in [-0.15, -0.1) is 0 Å². The molecule has 116 valence electrons. The van der Waals surface area contributed by atoms with Crippen LogP contribution in [0.25, 0.3) is 0 Å². The van der Waals surface area contributed by atoms with Crippen molar-refractivity contribution in [1.29, 1.82) is 0 Å². The Morgan fingerprint density at radius 3 is 2.62 bits per heavy atom. The molecule has 1 heterocycles. The summed E-state index contributed by atoms with van der Waals surface area (Å²) in [5.41, 5.74) is 1.96. The zero-order valence-corrected chi connectivity index (χ0v) is 13.1. The van der Waals surface area contributed by atoms with E-state index in [0.717, 1.165) is 25.1 Å². The van der Waals surface area contributed by atoms with Gasteiger partial charge in [-0.05, 0) is 43.5 Å². The lowest BCUT2D eigenvalue weighted by molar-refractivity contribution is 0.0827. The number of hydrogen-bond donors (Lipinski definition) is 1. The second-order valence-corrected chi connectivity index (χ2v) is 6.03. The average molecular weight is 290 g/mol. The largest absolute Gasteiger partial charge is 0.396 e. The Balaban J connectivity index is 2.00. The van der Waals surface area contributed by atoms with Gasteiger partial charge in [0.15, 0.2) is 0 Å². The first-order valence-electron chi connectivity index (χ1n) is 7.77. The number of amides is 1. The van der Waals surface area contributed by atoms with Gasteiger partial charge in [0, 0.05) is 38.9 Å². The fourth-order valence-electron chi connectivity index (χ4n) is 2.99. The third-order valence-electron chi connectivity index (χ3n) is 4.20. The van der Waals surface area contributed by atoms with Crippen molar-refractivity contribution in [1.82, 2.24) is 9.80 Å². The van der Waals surface area contributed by atoms with E-state index in [2.05, 4.69) is 4.90 Å². The lowest BCUT2D eigenvalue weighted by Gasteiger charge is -2.35. The fourth-order valence-corrected chi connectivity index (χ4v) is 2.99. The van der Waals surface area contributed by atoms with Crippen LogP contribution in [-0.2, 0) is 6.54 Å². The molecule has 4 heteroatoms. The molecule has 1 aliphatic heterocycles.